The average molecular weight is 580 g/mol. The van der Waals surface area contributed by atoms with Gasteiger partial charge in [0.1, 0.15) is 5.82 Å². The van der Waals surface area contributed by atoms with E-state index in [1.807, 2.05) is 39.0 Å². The number of ether oxygens (including phenoxy) is 1. The van der Waals surface area contributed by atoms with Crippen LogP contribution in [-0.4, -0.2) is 39.0 Å². The first-order chi connectivity index (χ1) is 19.1. The Morgan fingerprint density at radius 1 is 1.00 bits per heavy atom. The molecule has 2 aromatic carbocycles. The van der Waals surface area contributed by atoms with Crippen LogP contribution in [0.5, 0.6) is 0 Å². The lowest BCUT2D eigenvalue weighted by atomic mass is 10.0. The second-order valence-corrected chi connectivity index (χ2v) is 11.1. The predicted octanol–water partition coefficient (Wildman–Crippen LogP) is 5.81. The van der Waals surface area contributed by atoms with Crippen molar-refractivity contribution in [2.24, 2.45) is 0 Å². The number of benzene rings is 2. The Morgan fingerprint density at radius 3 is 2.50 bits per heavy atom. The molecule has 5 rings (SSSR count). The van der Waals surface area contributed by atoms with E-state index in [1.54, 1.807) is 30.5 Å². The fraction of sp³-hybridized carbons (Fsp3) is 0.250. The van der Waals surface area contributed by atoms with E-state index < -0.39 is 11.6 Å². The monoisotopic (exact) mass is 579 g/mol. The number of aromatic nitrogens is 3. The van der Waals surface area contributed by atoms with Gasteiger partial charge in [0.25, 0.3) is 0 Å². The number of nitrogens with one attached hydrogen (secondary N) is 4. The van der Waals surface area contributed by atoms with Gasteiger partial charge in [0.2, 0.25) is 11.9 Å². The molecule has 0 saturated heterocycles. The topological polar surface area (TPSA) is 130 Å². The van der Waals surface area contributed by atoms with E-state index in [0.717, 1.165) is 16.8 Å². The smallest absolute Gasteiger partial charge is 0.320 e. The summed E-state index contributed by atoms with van der Waals surface area (Å²) < 4.78 is 5.49. The second kappa shape index (κ2) is 11.2. The van der Waals surface area contributed by atoms with Crippen LogP contribution in [-0.2, 0) is 22.7 Å². The Bertz CT molecular complexity index is 1600. The van der Waals surface area contributed by atoms with Crippen molar-refractivity contribution in [2.45, 2.75) is 39.5 Å². The third-order valence-corrected chi connectivity index (χ3v) is 6.56. The van der Waals surface area contributed by atoms with Crippen molar-refractivity contribution in [3.63, 3.8) is 0 Å². The maximum absolute atomic E-state index is 12.8. The molecule has 3 heterocycles. The molecule has 0 aliphatic carbocycles. The van der Waals surface area contributed by atoms with Crippen LogP contribution >= 0.6 is 23.2 Å². The number of halogens is 2. The van der Waals surface area contributed by atoms with E-state index in [4.69, 9.17) is 27.9 Å². The maximum atomic E-state index is 12.8. The number of amides is 3. The SMILES string of the molecule is CC(C)(C)NC(=O)CNC(=O)Nc1nc2nc(Nc3ccc4c(c3)COC4)ncc2cc1-c1c(Cl)cccc1Cl. The molecule has 0 unspecified atom stereocenters. The van der Waals surface area contributed by atoms with Crippen LogP contribution in [0.4, 0.5) is 22.2 Å². The molecule has 0 saturated carbocycles. The van der Waals surface area contributed by atoms with Gasteiger partial charge in [0.05, 0.1) is 29.8 Å². The Hall–Kier alpha value is -3.99. The standard InChI is InChI=1S/C28H27Cl2N7O3/c1-28(2,3)37-22(38)12-32-27(39)36-25-19(23-20(29)5-4-6-21(23)30)10-16-11-31-26(35-24(16)34-25)33-18-8-7-15-13-40-14-17(15)9-18/h4-11H,12-14H2,1-3H3,(H,37,38)(H3,31,32,33,34,35,36,39). The average Bonchev–Trinajstić information content (AvgIpc) is 3.35. The zero-order chi connectivity index (χ0) is 28.4. The molecule has 3 amide bonds. The molecule has 0 spiro atoms. The first-order valence-corrected chi connectivity index (χ1v) is 13.3. The fourth-order valence-electron chi connectivity index (χ4n) is 4.22. The van der Waals surface area contributed by atoms with E-state index in [9.17, 15) is 9.59 Å². The molecule has 0 bridgehead atoms. The molecule has 4 N–H and O–H groups in total. The van der Waals surface area contributed by atoms with Crippen molar-refractivity contribution in [3.05, 3.63) is 69.8 Å². The quantitative estimate of drug-likeness (QED) is 0.227. The van der Waals surface area contributed by atoms with Crippen LogP contribution in [0.2, 0.25) is 10.0 Å². The lowest BCUT2D eigenvalue weighted by Crippen LogP contribution is -2.46. The van der Waals surface area contributed by atoms with Crippen molar-refractivity contribution < 1.29 is 14.3 Å². The molecule has 40 heavy (non-hydrogen) atoms. The first kappa shape index (κ1) is 27.6. The zero-order valence-electron chi connectivity index (χ0n) is 22.1. The number of carbonyl (C=O) groups excluding carboxylic acids is 2. The molecule has 1 aliphatic rings. The summed E-state index contributed by atoms with van der Waals surface area (Å²) in [6.07, 6.45) is 1.63. The van der Waals surface area contributed by atoms with Gasteiger partial charge in [-0.2, -0.15) is 4.98 Å². The lowest BCUT2D eigenvalue weighted by molar-refractivity contribution is -0.121. The van der Waals surface area contributed by atoms with Gasteiger partial charge < -0.3 is 20.7 Å². The molecule has 206 valence electrons. The number of urea groups is 1. The normalized spacial score (nSPS) is 12.6. The maximum Gasteiger partial charge on any atom is 0.320 e. The predicted molar refractivity (Wildman–Crippen MR) is 156 cm³/mol. The minimum Gasteiger partial charge on any atom is -0.372 e. The van der Waals surface area contributed by atoms with Gasteiger partial charge in [0.15, 0.2) is 5.65 Å². The highest BCUT2D eigenvalue weighted by Crippen LogP contribution is 2.39. The van der Waals surface area contributed by atoms with Crippen LogP contribution in [0.1, 0.15) is 31.9 Å². The number of hydrogen-bond acceptors (Lipinski definition) is 7. The summed E-state index contributed by atoms with van der Waals surface area (Å²) in [4.78, 5) is 38.6. The Balaban J connectivity index is 1.46. The number of fused-ring (bicyclic) bond motifs is 2. The number of rotatable bonds is 6. The van der Waals surface area contributed by atoms with Gasteiger partial charge >= 0.3 is 6.03 Å². The molecule has 0 radical (unpaired) electrons. The molecule has 4 aromatic rings. The third kappa shape index (κ3) is 6.41. The van der Waals surface area contributed by atoms with Crippen LogP contribution in [0.25, 0.3) is 22.2 Å². The summed E-state index contributed by atoms with van der Waals surface area (Å²) in [6, 6.07) is 12.2. The van der Waals surface area contributed by atoms with Crippen LogP contribution < -0.4 is 21.3 Å². The zero-order valence-corrected chi connectivity index (χ0v) is 23.6. The van der Waals surface area contributed by atoms with Crippen LogP contribution in [0.3, 0.4) is 0 Å². The highest BCUT2D eigenvalue weighted by Gasteiger charge is 2.20. The van der Waals surface area contributed by atoms with Gasteiger partial charge in [-0.1, -0.05) is 35.3 Å². The summed E-state index contributed by atoms with van der Waals surface area (Å²) in [5, 5.41) is 12.6. The van der Waals surface area contributed by atoms with Crippen molar-refractivity contribution in [3.8, 4) is 11.1 Å². The van der Waals surface area contributed by atoms with Gasteiger partial charge in [-0.3, -0.25) is 10.1 Å². The number of hydrogen-bond donors (Lipinski definition) is 4. The Morgan fingerprint density at radius 2 is 1.75 bits per heavy atom. The number of carbonyl (C=O) groups is 2. The fourth-order valence-corrected chi connectivity index (χ4v) is 4.82. The van der Waals surface area contributed by atoms with Crippen molar-refractivity contribution >= 4 is 63.6 Å². The summed E-state index contributed by atoms with van der Waals surface area (Å²) >= 11 is 13.0. The number of anilines is 3. The second-order valence-electron chi connectivity index (χ2n) is 10.3. The molecular formula is C28H27Cl2N7O3. The summed E-state index contributed by atoms with van der Waals surface area (Å²) in [6.45, 7) is 6.51. The van der Waals surface area contributed by atoms with Crippen molar-refractivity contribution in [1.29, 1.82) is 0 Å². The third-order valence-electron chi connectivity index (χ3n) is 5.93. The van der Waals surface area contributed by atoms with Gasteiger partial charge in [-0.15, -0.1) is 0 Å². The molecule has 10 nitrogen and oxygen atoms in total. The van der Waals surface area contributed by atoms with E-state index in [0.29, 0.717) is 51.4 Å². The lowest BCUT2D eigenvalue weighted by Gasteiger charge is -2.20. The van der Waals surface area contributed by atoms with E-state index in [1.165, 1.54) is 0 Å². The Kier molecular flexibility index (Phi) is 7.75. The highest BCUT2D eigenvalue weighted by atomic mass is 35.5. The number of nitrogens with zero attached hydrogens (tertiary/aromatic N) is 3. The largest absolute Gasteiger partial charge is 0.372 e. The minimum atomic E-state index is -0.631. The first-order valence-electron chi connectivity index (χ1n) is 12.5. The van der Waals surface area contributed by atoms with Crippen molar-refractivity contribution in [2.75, 3.05) is 17.2 Å². The molecule has 2 aromatic heterocycles. The van der Waals surface area contributed by atoms with Crippen molar-refractivity contribution in [1.82, 2.24) is 25.6 Å². The Labute approximate surface area is 240 Å². The van der Waals surface area contributed by atoms with Crippen LogP contribution in [0, 0.1) is 0 Å². The summed E-state index contributed by atoms with van der Waals surface area (Å²) in [5.41, 5.74) is 3.94. The minimum absolute atomic E-state index is 0.163. The van der Waals surface area contributed by atoms with E-state index >= 15 is 0 Å². The van der Waals surface area contributed by atoms with E-state index in [2.05, 4.69) is 36.2 Å². The van der Waals surface area contributed by atoms with E-state index in [-0.39, 0.29) is 18.3 Å². The molecule has 12 heteroatoms. The van der Waals surface area contributed by atoms with Gasteiger partial charge in [-0.25, -0.2) is 14.8 Å². The number of pyridine rings is 1. The summed E-state index contributed by atoms with van der Waals surface area (Å²) in [7, 11) is 0. The molecule has 1 aliphatic heterocycles. The van der Waals surface area contributed by atoms with Crippen LogP contribution in [0.15, 0.2) is 48.7 Å². The highest BCUT2D eigenvalue weighted by molar-refractivity contribution is 6.39. The summed E-state index contributed by atoms with van der Waals surface area (Å²) in [5.74, 6) is 0.164. The molecule has 0 fully saturated rings. The van der Waals surface area contributed by atoms with Gasteiger partial charge in [-0.05, 0) is 62.2 Å². The molecular weight excluding hydrogens is 553 g/mol. The van der Waals surface area contributed by atoms with Gasteiger partial charge in [0, 0.05) is 33.9 Å². The molecule has 0 atom stereocenters.